The number of anilines is 1. The first-order valence-corrected chi connectivity index (χ1v) is 6.04. The number of aromatic nitrogens is 3. The van der Waals surface area contributed by atoms with Gasteiger partial charge in [-0.1, -0.05) is 18.3 Å². The van der Waals surface area contributed by atoms with Crippen LogP contribution in [-0.2, 0) is 13.5 Å². The summed E-state index contributed by atoms with van der Waals surface area (Å²) in [6.07, 6.45) is 4.56. The lowest BCUT2D eigenvalue weighted by Gasteiger charge is -2.07. The molecule has 0 fully saturated rings. The zero-order valence-corrected chi connectivity index (χ0v) is 10.9. The Morgan fingerprint density at radius 3 is 3.00 bits per heavy atom. The quantitative estimate of drug-likeness (QED) is 0.789. The molecule has 0 unspecified atom stereocenters. The Hall–Kier alpha value is -1.95. The minimum atomic E-state index is 0.308. The molecule has 0 saturated heterocycles. The summed E-state index contributed by atoms with van der Waals surface area (Å²) in [5.74, 6) is 1.81. The lowest BCUT2D eigenvalue weighted by molar-refractivity contribution is 0.788. The van der Waals surface area contributed by atoms with E-state index in [0.29, 0.717) is 10.7 Å². The van der Waals surface area contributed by atoms with E-state index in [1.54, 1.807) is 12.3 Å². The SMILES string of the molecule is Cn1ccnc1CCNc1cccc(C(N)=S)n1. The van der Waals surface area contributed by atoms with Crippen molar-refractivity contribution >= 4 is 23.0 Å². The average molecular weight is 261 g/mol. The third-order valence-corrected chi connectivity index (χ3v) is 2.79. The summed E-state index contributed by atoms with van der Waals surface area (Å²) in [5.41, 5.74) is 6.17. The van der Waals surface area contributed by atoms with E-state index in [9.17, 15) is 0 Å². The van der Waals surface area contributed by atoms with Gasteiger partial charge in [0.15, 0.2) is 0 Å². The molecule has 0 spiro atoms. The van der Waals surface area contributed by atoms with E-state index in [1.807, 2.05) is 29.9 Å². The molecule has 2 aromatic rings. The second kappa shape index (κ2) is 5.59. The Balaban J connectivity index is 1.92. The summed E-state index contributed by atoms with van der Waals surface area (Å²) < 4.78 is 2.00. The number of imidazole rings is 1. The van der Waals surface area contributed by atoms with Crippen LogP contribution in [0.5, 0.6) is 0 Å². The van der Waals surface area contributed by atoms with Crippen LogP contribution >= 0.6 is 12.2 Å². The molecule has 0 radical (unpaired) electrons. The van der Waals surface area contributed by atoms with Gasteiger partial charge in [0.1, 0.15) is 16.6 Å². The fourth-order valence-corrected chi connectivity index (χ4v) is 1.72. The average Bonchev–Trinajstić information content (AvgIpc) is 2.76. The van der Waals surface area contributed by atoms with E-state index < -0.39 is 0 Å². The molecule has 0 atom stereocenters. The molecule has 0 aliphatic rings. The highest BCUT2D eigenvalue weighted by Gasteiger charge is 2.01. The molecule has 3 N–H and O–H groups in total. The van der Waals surface area contributed by atoms with Gasteiger partial charge in [0, 0.05) is 32.4 Å². The van der Waals surface area contributed by atoms with Gasteiger partial charge >= 0.3 is 0 Å². The Kier molecular flexibility index (Phi) is 3.88. The number of nitrogens with two attached hydrogens (primary N) is 1. The van der Waals surface area contributed by atoms with E-state index in [2.05, 4.69) is 15.3 Å². The minimum Gasteiger partial charge on any atom is -0.388 e. The molecule has 6 heteroatoms. The predicted molar refractivity (Wildman–Crippen MR) is 75.5 cm³/mol. The van der Waals surface area contributed by atoms with E-state index in [-0.39, 0.29) is 0 Å². The maximum Gasteiger partial charge on any atom is 0.126 e. The van der Waals surface area contributed by atoms with Crippen LogP contribution < -0.4 is 11.1 Å². The van der Waals surface area contributed by atoms with E-state index in [0.717, 1.165) is 24.6 Å². The van der Waals surface area contributed by atoms with Crippen LogP contribution in [0.4, 0.5) is 5.82 Å². The highest BCUT2D eigenvalue weighted by Crippen LogP contribution is 2.05. The molecule has 0 amide bonds. The van der Waals surface area contributed by atoms with Crippen molar-refractivity contribution in [3.05, 3.63) is 42.1 Å². The first kappa shape index (κ1) is 12.5. The van der Waals surface area contributed by atoms with Gasteiger partial charge in [-0.05, 0) is 12.1 Å². The highest BCUT2D eigenvalue weighted by atomic mass is 32.1. The number of rotatable bonds is 5. The van der Waals surface area contributed by atoms with E-state index >= 15 is 0 Å². The maximum atomic E-state index is 5.54. The molecule has 94 valence electrons. The van der Waals surface area contributed by atoms with Crippen molar-refractivity contribution in [3.63, 3.8) is 0 Å². The van der Waals surface area contributed by atoms with E-state index in [1.165, 1.54) is 0 Å². The second-order valence-corrected chi connectivity index (χ2v) is 4.34. The molecule has 0 bridgehead atoms. The van der Waals surface area contributed by atoms with Crippen molar-refractivity contribution in [1.29, 1.82) is 0 Å². The van der Waals surface area contributed by atoms with Crippen molar-refractivity contribution in [1.82, 2.24) is 14.5 Å². The standard InChI is InChI=1S/C12H15N5S/c1-17-8-7-15-11(17)5-6-14-10-4-2-3-9(16-10)12(13)18/h2-4,7-8H,5-6H2,1H3,(H2,13,18)(H,14,16). The maximum absolute atomic E-state index is 5.54. The van der Waals surface area contributed by atoms with Crippen LogP contribution in [0.25, 0.3) is 0 Å². The van der Waals surface area contributed by atoms with Gasteiger partial charge in [-0.2, -0.15) is 0 Å². The third-order valence-electron chi connectivity index (χ3n) is 2.58. The van der Waals surface area contributed by atoms with Gasteiger partial charge in [0.2, 0.25) is 0 Å². The van der Waals surface area contributed by atoms with Crippen LogP contribution in [-0.4, -0.2) is 26.1 Å². The monoisotopic (exact) mass is 261 g/mol. The van der Waals surface area contributed by atoms with Crippen LogP contribution in [0.2, 0.25) is 0 Å². The van der Waals surface area contributed by atoms with Crippen LogP contribution in [0.15, 0.2) is 30.6 Å². The Morgan fingerprint density at radius 1 is 1.50 bits per heavy atom. The fourth-order valence-electron chi connectivity index (χ4n) is 1.61. The highest BCUT2D eigenvalue weighted by molar-refractivity contribution is 7.80. The summed E-state index contributed by atoms with van der Waals surface area (Å²) in [4.78, 5) is 8.87. The number of pyridine rings is 1. The minimum absolute atomic E-state index is 0.308. The molecule has 0 aliphatic heterocycles. The van der Waals surface area contributed by atoms with Crippen molar-refractivity contribution in [2.24, 2.45) is 12.8 Å². The Labute approximate surface area is 111 Å². The largest absolute Gasteiger partial charge is 0.388 e. The number of thiocarbonyl (C=S) groups is 1. The molecule has 18 heavy (non-hydrogen) atoms. The normalized spacial score (nSPS) is 10.3. The number of nitrogens with one attached hydrogen (secondary N) is 1. The Bertz CT molecular complexity index is 549. The number of nitrogens with zero attached hydrogens (tertiary/aromatic N) is 3. The molecule has 2 rings (SSSR count). The van der Waals surface area contributed by atoms with Gasteiger partial charge in [-0.15, -0.1) is 0 Å². The van der Waals surface area contributed by atoms with Crippen molar-refractivity contribution in [2.75, 3.05) is 11.9 Å². The van der Waals surface area contributed by atoms with Crippen LogP contribution in [0.1, 0.15) is 11.5 Å². The Morgan fingerprint density at radius 2 is 2.33 bits per heavy atom. The first-order valence-electron chi connectivity index (χ1n) is 5.64. The number of aryl methyl sites for hydroxylation is 1. The summed E-state index contributed by atoms with van der Waals surface area (Å²) in [5, 5.41) is 3.23. The molecule has 2 aromatic heterocycles. The van der Waals surface area contributed by atoms with Gasteiger partial charge in [0.25, 0.3) is 0 Å². The molecule has 0 aromatic carbocycles. The smallest absolute Gasteiger partial charge is 0.126 e. The zero-order valence-electron chi connectivity index (χ0n) is 10.1. The van der Waals surface area contributed by atoms with Gasteiger partial charge in [-0.25, -0.2) is 9.97 Å². The molecule has 0 saturated carbocycles. The molecule has 5 nitrogen and oxygen atoms in total. The fraction of sp³-hybridized carbons (Fsp3) is 0.250. The topological polar surface area (TPSA) is 68.8 Å². The lowest BCUT2D eigenvalue weighted by Crippen LogP contribution is -2.14. The predicted octanol–water partition coefficient (Wildman–Crippen LogP) is 1.10. The number of hydrogen-bond donors (Lipinski definition) is 2. The lowest BCUT2D eigenvalue weighted by atomic mass is 10.3. The van der Waals surface area contributed by atoms with Gasteiger partial charge in [-0.3, -0.25) is 0 Å². The zero-order chi connectivity index (χ0) is 13.0. The summed E-state index contributed by atoms with van der Waals surface area (Å²) >= 11 is 4.89. The summed E-state index contributed by atoms with van der Waals surface area (Å²) in [6.45, 7) is 0.763. The molecule has 0 aliphatic carbocycles. The third kappa shape index (κ3) is 3.04. The van der Waals surface area contributed by atoms with E-state index in [4.69, 9.17) is 18.0 Å². The number of hydrogen-bond acceptors (Lipinski definition) is 4. The van der Waals surface area contributed by atoms with Gasteiger partial charge < -0.3 is 15.6 Å². The molecular formula is C12H15N5S. The first-order chi connectivity index (χ1) is 8.66. The summed E-state index contributed by atoms with van der Waals surface area (Å²) in [7, 11) is 1.98. The van der Waals surface area contributed by atoms with Crippen molar-refractivity contribution in [2.45, 2.75) is 6.42 Å². The second-order valence-electron chi connectivity index (χ2n) is 3.90. The molecular weight excluding hydrogens is 246 g/mol. The van der Waals surface area contributed by atoms with Gasteiger partial charge in [0.05, 0.1) is 5.69 Å². The summed E-state index contributed by atoms with van der Waals surface area (Å²) in [6, 6.07) is 5.57. The van der Waals surface area contributed by atoms with Crippen molar-refractivity contribution in [3.8, 4) is 0 Å². The van der Waals surface area contributed by atoms with Crippen LogP contribution in [0.3, 0.4) is 0 Å². The van der Waals surface area contributed by atoms with Crippen molar-refractivity contribution < 1.29 is 0 Å². The van der Waals surface area contributed by atoms with Crippen LogP contribution in [0, 0.1) is 0 Å². The molecule has 2 heterocycles.